The Hall–Kier alpha value is -1.09. The molecule has 0 spiro atoms. The zero-order valence-corrected chi connectivity index (χ0v) is 10.1. The van der Waals surface area contributed by atoms with E-state index in [1.165, 1.54) is 38.2 Å². The molecular formula is C14H20FNO. The molecule has 0 aromatic heterocycles. The normalized spacial score (nSPS) is 17.2. The molecule has 1 aliphatic carbocycles. The number of nitrogens with one attached hydrogen (secondary N) is 1. The van der Waals surface area contributed by atoms with Gasteiger partial charge in [-0.15, -0.1) is 0 Å². The molecule has 1 aromatic rings. The number of phenolic OH excluding ortho intramolecular Hbond substituents is 1. The van der Waals surface area contributed by atoms with E-state index in [1.54, 1.807) is 6.07 Å². The van der Waals surface area contributed by atoms with Crippen molar-refractivity contribution < 1.29 is 9.50 Å². The van der Waals surface area contributed by atoms with Crippen LogP contribution in [-0.4, -0.2) is 11.7 Å². The summed E-state index contributed by atoms with van der Waals surface area (Å²) in [6.07, 6.45) is 6.66. The highest BCUT2D eigenvalue weighted by molar-refractivity contribution is 5.28. The summed E-state index contributed by atoms with van der Waals surface area (Å²) < 4.78 is 13.0. The quantitative estimate of drug-likeness (QED) is 0.842. The lowest BCUT2D eigenvalue weighted by molar-refractivity contribution is 0.342. The molecule has 0 amide bonds. The number of benzene rings is 1. The van der Waals surface area contributed by atoms with Gasteiger partial charge in [-0.25, -0.2) is 4.39 Å². The van der Waals surface area contributed by atoms with E-state index in [2.05, 4.69) is 5.32 Å². The van der Waals surface area contributed by atoms with Gasteiger partial charge in [0, 0.05) is 12.6 Å². The predicted octanol–water partition coefficient (Wildman–Crippen LogP) is 3.20. The molecule has 1 aliphatic rings. The van der Waals surface area contributed by atoms with E-state index < -0.39 is 0 Å². The van der Waals surface area contributed by atoms with Crippen LogP contribution in [0.2, 0.25) is 0 Å². The molecule has 2 N–H and O–H groups in total. The Morgan fingerprint density at radius 1 is 1.18 bits per heavy atom. The molecule has 2 nitrogen and oxygen atoms in total. The molecule has 0 aliphatic heterocycles. The highest BCUT2D eigenvalue weighted by atomic mass is 19.1. The molecule has 0 radical (unpaired) electrons. The standard InChI is InChI=1S/C14H20FNO/c15-13-6-12(7-14(17)8-13)10-16-9-11-4-2-1-3-5-11/h6-8,11,16-17H,1-5,9-10H2. The van der Waals surface area contributed by atoms with Gasteiger partial charge in [0.15, 0.2) is 0 Å². The molecule has 1 aromatic carbocycles. The van der Waals surface area contributed by atoms with Crippen molar-refractivity contribution in [3.63, 3.8) is 0 Å². The van der Waals surface area contributed by atoms with Gasteiger partial charge in [-0.3, -0.25) is 0 Å². The summed E-state index contributed by atoms with van der Waals surface area (Å²) in [5.41, 5.74) is 0.804. The first-order chi connectivity index (χ1) is 8.24. The number of hydrogen-bond donors (Lipinski definition) is 2. The third-order valence-corrected chi connectivity index (χ3v) is 3.43. The zero-order valence-electron chi connectivity index (χ0n) is 10.1. The van der Waals surface area contributed by atoms with Crippen LogP contribution >= 0.6 is 0 Å². The van der Waals surface area contributed by atoms with Gasteiger partial charge in [0.2, 0.25) is 0 Å². The predicted molar refractivity (Wildman–Crippen MR) is 66.3 cm³/mol. The van der Waals surface area contributed by atoms with Gasteiger partial charge in [-0.1, -0.05) is 19.3 Å². The van der Waals surface area contributed by atoms with Crippen LogP contribution in [0.25, 0.3) is 0 Å². The second kappa shape index (κ2) is 6.01. The van der Waals surface area contributed by atoms with Gasteiger partial charge in [0.05, 0.1) is 0 Å². The van der Waals surface area contributed by atoms with E-state index in [0.29, 0.717) is 6.54 Å². The van der Waals surface area contributed by atoms with Crippen molar-refractivity contribution in [1.82, 2.24) is 5.32 Å². The summed E-state index contributed by atoms with van der Waals surface area (Å²) in [6, 6.07) is 4.20. The molecule has 1 fully saturated rings. The Kier molecular flexibility index (Phi) is 4.37. The largest absolute Gasteiger partial charge is 0.508 e. The number of rotatable bonds is 4. The Bertz CT molecular complexity index is 341. The first kappa shape index (κ1) is 12.4. The fraction of sp³-hybridized carbons (Fsp3) is 0.571. The van der Waals surface area contributed by atoms with Gasteiger partial charge in [0.1, 0.15) is 11.6 Å². The van der Waals surface area contributed by atoms with Crippen molar-refractivity contribution in [2.45, 2.75) is 38.6 Å². The average molecular weight is 237 g/mol. The van der Waals surface area contributed by atoms with E-state index in [9.17, 15) is 9.50 Å². The van der Waals surface area contributed by atoms with Crippen LogP contribution < -0.4 is 5.32 Å². The first-order valence-electron chi connectivity index (χ1n) is 6.43. The third kappa shape index (κ3) is 4.00. The SMILES string of the molecule is Oc1cc(F)cc(CNCC2CCCCC2)c1. The molecule has 1 saturated carbocycles. The first-order valence-corrected chi connectivity index (χ1v) is 6.43. The molecule has 2 rings (SSSR count). The number of aromatic hydroxyl groups is 1. The van der Waals surface area contributed by atoms with Crippen LogP contribution in [0.3, 0.4) is 0 Å². The van der Waals surface area contributed by atoms with Crippen LogP contribution in [0.1, 0.15) is 37.7 Å². The molecule has 94 valence electrons. The molecule has 0 saturated heterocycles. The second-order valence-electron chi connectivity index (χ2n) is 4.95. The molecule has 0 atom stereocenters. The summed E-state index contributed by atoms with van der Waals surface area (Å²) in [5.74, 6) is 0.393. The van der Waals surface area contributed by atoms with Crippen LogP contribution in [0.5, 0.6) is 5.75 Å². The maximum atomic E-state index is 13.0. The fourth-order valence-corrected chi connectivity index (χ4v) is 2.55. The molecule has 17 heavy (non-hydrogen) atoms. The molecule has 0 heterocycles. The van der Waals surface area contributed by atoms with Crippen molar-refractivity contribution >= 4 is 0 Å². The van der Waals surface area contributed by atoms with Gasteiger partial charge in [0.25, 0.3) is 0 Å². The lowest BCUT2D eigenvalue weighted by Gasteiger charge is -2.21. The van der Waals surface area contributed by atoms with E-state index in [-0.39, 0.29) is 11.6 Å². The third-order valence-electron chi connectivity index (χ3n) is 3.43. The number of phenols is 1. The minimum atomic E-state index is -0.375. The van der Waals surface area contributed by atoms with Crippen LogP contribution in [0.4, 0.5) is 4.39 Å². The Morgan fingerprint density at radius 3 is 2.65 bits per heavy atom. The van der Waals surface area contributed by atoms with Crippen molar-refractivity contribution in [3.05, 3.63) is 29.6 Å². The molecular weight excluding hydrogens is 217 g/mol. The smallest absolute Gasteiger partial charge is 0.127 e. The van der Waals surface area contributed by atoms with Crippen LogP contribution in [0, 0.1) is 11.7 Å². The summed E-state index contributed by atoms with van der Waals surface area (Å²) in [5, 5.41) is 12.6. The van der Waals surface area contributed by atoms with Gasteiger partial charge < -0.3 is 10.4 Å². The summed E-state index contributed by atoms with van der Waals surface area (Å²) in [4.78, 5) is 0. The Labute approximate surface area is 102 Å². The van der Waals surface area contributed by atoms with Gasteiger partial charge in [-0.2, -0.15) is 0 Å². The number of halogens is 1. The van der Waals surface area contributed by atoms with E-state index >= 15 is 0 Å². The summed E-state index contributed by atoms with van der Waals surface area (Å²) in [7, 11) is 0. The fourth-order valence-electron chi connectivity index (χ4n) is 2.55. The Morgan fingerprint density at radius 2 is 1.94 bits per heavy atom. The summed E-state index contributed by atoms with van der Waals surface area (Å²) >= 11 is 0. The Balaban J connectivity index is 1.77. The average Bonchev–Trinajstić information content (AvgIpc) is 2.29. The zero-order chi connectivity index (χ0) is 12.1. The van der Waals surface area contributed by atoms with Crippen molar-refractivity contribution in [1.29, 1.82) is 0 Å². The van der Waals surface area contributed by atoms with Crippen molar-refractivity contribution in [2.24, 2.45) is 5.92 Å². The second-order valence-corrected chi connectivity index (χ2v) is 4.95. The minimum Gasteiger partial charge on any atom is -0.508 e. The highest BCUT2D eigenvalue weighted by Crippen LogP contribution is 2.23. The van der Waals surface area contributed by atoms with Gasteiger partial charge >= 0.3 is 0 Å². The molecule has 3 heteroatoms. The highest BCUT2D eigenvalue weighted by Gasteiger charge is 2.12. The minimum absolute atomic E-state index is 0.000494. The van der Waals surface area contributed by atoms with Crippen molar-refractivity contribution in [2.75, 3.05) is 6.54 Å². The monoisotopic (exact) mass is 237 g/mol. The van der Waals surface area contributed by atoms with Crippen molar-refractivity contribution in [3.8, 4) is 5.75 Å². The maximum Gasteiger partial charge on any atom is 0.127 e. The maximum absolute atomic E-state index is 13.0. The number of hydrogen-bond acceptors (Lipinski definition) is 2. The van der Waals surface area contributed by atoms with E-state index in [0.717, 1.165) is 24.1 Å². The lowest BCUT2D eigenvalue weighted by atomic mass is 9.89. The van der Waals surface area contributed by atoms with Gasteiger partial charge in [-0.05, 0) is 43.0 Å². The summed E-state index contributed by atoms with van der Waals surface area (Å²) in [6.45, 7) is 1.62. The topological polar surface area (TPSA) is 32.3 Å². The van der Waals surface area contributed by atoms with Crippen LogP contribution in [0.15, 0.2) is 18.2 Å². The lowest BCUT2D eigenvalue weighted by Crippen LogP contribution is -2.24. The van der Waals surface area contributed by atoms with Crippen LogP contribution in [-0.2, 0) is 6.54 Å². The molecule has 0 bridgehead atoms. The van der Waals surface area contributed by atoms with E-state index in [1.807, 2.05) is 0 Å². The van der Waals surface area contributed by atoms with E-state index in [4.69, 9.17) is 0 Å². The molecule has 0 unspecified atom stereocenters.